The summed E-state index contributed by atoms with van der Waals surface area (Å²) in [6.45, 7) is 6.35. The fourth-order valence-corrected chi connectivity index (χ4v) is 1.07. The third-order valence-electron chi connectivity index (χ3n) is 2.11. The van der Waals surface area contributed by atoms with Crippen LogP contribution in [-0.2, 0) is 0 Å². The normalized spacial score (nSPS) is 13.8. The first kappa shape index (κ1) is 9.33. The van der Waals surface area contributed by atoms with E-state index in [1.807, 2.05) is 0 Å². The maximum atomic E-state index is 5.81. The van der Waals surface area contributed by atoms with Crippen molar-refractivity contribution < 1.29 is 4.42 Å². The zero-order valence-electron chi connectivity index (χ0n) is 8.00. The number of rotatable bonds is 3. The lowest BCUT2D eigenvalue weighted by molar-refractivity contribution is 0.459. The molecule has 0 aliphatic carbocycles. The number of furan rings is 1. The van der Waals surface area contributed by atoms with Gasteiger partial charge in [0, 0.05) is 0 Å². The van der Waals surface area contributed by atoms with E-state index in [2.05, 4.69) is 26.8 Å². The minimum Gasteiger partial charge on any atom is -0.467 e. The van der Waals surface area contributed by atoms with Crippen LogP contribution in [0.3, 0.4) is 0 Å². The highest BCUT2D eigenvalue weighted by Crippen LogP contribution is 2.22. The predicted octanol–water partition coefficient (Wildman–Crippen LogP) is 2.81. The van der Waals surface area contributed by atoms with Crippen molar-refractivity contribution in [2.24, 2.45) is 5.73 Å². The maximum absolute atomic E-state index is 5.81. The zero-order valence-corrected chi connectivity index (χ0v) is 8.00. The lowest BCUT2D eigenvalue weighted by atomic mass is 10.1. The van der Waals surface area contributed by atoms with Gasteiger partial charge in [-0.1, -0.05) is 20.8 Å². The smallest absolute Gasteiger partial charge is 0.120 e. The fourth-order valence-electron chi connectivity index (χ4n) is 1.07. The molecule has 0 aliphatic heterocycles. The molecule has 1 rings (SSSR count). The molecule has 2 heteroatoms. The summed E-state index contributed by atoms with van der Waals surface area (Å²) in [4.78, 5) is 0. The molecule has 0 spiro atoms. The highest BCUT2D eigenvalue weighted by Gasteiger charge is 2.10. The first-order chi connectivity index (χ1) is 5.65. The van der Waals surface area contributed by atoms with E-state index in [1.165, 1.54) is 5.56 Å². The lowest BCUT2D eigenvalue weighted by Crippen LogP contribution is -2.06. The van der Waals surface area contributed by atoms with Crippen molar-refractivity contribution >= 4 is 0 Å². The molecule has 0 bridgehead atoms. The first-order valence-corrected chi connectivity index (χ1v) is 4.49. The average Bonchev–Trinajstić information content (AvgIpc) is 2.51. The van der Waals surface area contributed by atoms with Crippen LogP contribution in [0.1, 0.15) is 50.5 Å². The Labute approximate surface area is 73.8 Å². The van der Waals surface area contributed by atoms with Crippen LogP contribution in [0, 0.1) is 0 Å². The molecular weight excluding hydrogens is 150 g/mol. The van der Waals surface area contributed by atoms with Gasteiger partial charge in [-0.25, -0.2) is 0 Å². The second kappa shape index (κ2) is 3.76. The van der Waals surface area contributed by atoms with E-state index in [9.17, 15) is 0 Å². The molecule has 0 amide bonds. The van der Waals surface area contributed by atoms with Crippen LogP contribution >= 0.6 is 0 Å². The van der Waals surface area contributed by atoms with Crippen LogP contribution in [0.25, 0.3) is 0 Å². The second-order valence-electron chi connectivity index (χ2n) is 3.45. The fraction of sp³-hybridized carbons (Fsp3) is 0.600. The molecule has 2 N–H and O–H groups in total. The minimum atomic E-state index is 0.0532. The molecule has 1 aromatic rings. The molecule has 1 atom stereocenters. The maximum Gasteiger partial charge on any atom is 0.120 e. The molecule has 0 unspecified atom stereocenters. The zero-order chi connectivity index (χ0) is 9.14. The van der Waals surface area contributed by atoms with Crippen molar-refractivity contribution in [1.82, 2.24) is 0 Å². The quantitative estimate of drug-likeness (QED) is 0.751. The van der Waals surface area contributed by atoms with Crippen molar-refractivity contribution in [1.29, 1.82) is 0 Å². The summed E-state index contributed by atoms with van der Waals surface area (Å²) < 4.78 is 5.35. The number of hydrogen-bond donors (Lipinski definition) is 1. The molecule has 1 aromatic heterocycles. The van der Waals surface area contributed by atoms with Gasteiger partial charge in [0.15, 0.2) is 0 Å². The summed E-state index contributed by atoms with van der Waals surface area (Å²) in [6.07, 6.45) is 2.72. The van der Waals surface area contributed by atoms with Crippen LogP contribution in [0.4, 0.5) is 0 Å². The van der Waals surface area contributed by atoms with Crippen molar-refractivity contribution in [3.8, 4) is 0 Å². The van der Waals surface area contributed by atoms with E-state index in [-0.39, 0.29) is 6.04 Å². The molecule has 0 radical (unpaired) electrons. The summed E-state index contributed by atoms with van der Waals surface area (Å²) >= 11 is 0. The molecule has 68 valence electrons. The van der Waals surface area contributed by atoms with E-state index in [4.69, 9.17) is 10.2 Å². The lowest BCUT2D eigenvalue weighted by Gasteiger charge is -2.02. The first-order valence-electron chi connectivity index (χ1n) is 4.49. The molecule has 1 heterocycles. The Balaban J connectivity index is 2.77. The molecule has 2 nitrogen and oxygen atoms in total. The summed E-state index contributed by atoms with van der Waals surface area (Å²) in [5.74, 6) is 1.42. The Kier molecular flexibility index (Phi) is 2.93. The monoisotopic (exact) mass is 167 g/mol. The Morgan fingerprint density at radius 2 is 2.17 bits per heavy atom. The third-order valence-corrected chi connectivity index (χ3v) is 2.11. The molecular formula is C10H17NO. The average molecular weight is 167 g/mol. The van der Waals surface area contributed by atoms with Gasteiger partial charge in [0.1, 0.15) is 5.76 Å². The van der Waals surface area contributed by atoms with Crippen molar-refractivity contribution in [2.45, 2.75) is 39.2 Å². The molecule has 0 saturated heterocycles. The van der Waals surface area contributed by atoms with Crippen molar-refractivity contribution in [3.05, 3.63) is 23.7 Å². The van der Waals surface area contributed by atoms with Crippen LogP contribution in [0.2, 0.25) is 0 Å². The van der Waals surface area contributed by atoms with Gasteiger partial charge in [0.2, 0.25) is 0 Å². The van der Waals surface area contributed by atoms with E-state index < -0.39 is 0 Å². The highest BCUT2D eigenvalue weighted by atomic mass is 16.3. The van der Waals surface area contributed by atoms with Gasteiger partial charge in [0.05, 0.1) is 12.3 Å². The summed E-state index contributed by atoms with van der Waals surface area (Å²) in [6, 6.07) is 2.11. The number of hydrogen-bond acceptors (Lipinski definition) is 2. The van der Waals surface area contributed by atoms with Gasteiger partial charge in [-0.3, -0.25) is 0 Å². The Bertz CT molecular complexity index is 240. The Morgan fingerprint density at radius 1 is 1.50 bits per heavy atom. The van der Waals surface area contributed by atoms with Gasteiger partial charge in [0.25, 0.3) is 0 Å². The largest absolute Gasteiger partial charge is 0.467 e. The van der Waals surface area contributed by atoms with E-state index in [0.717, 1.165) is 12.2 Å². The molecule has 0 aliphatic rings. The van der Waals surface area contributed by atoms with E-state index in [1.54, 1.807) is 6.26 Å². The molecule has 0 fully saturated rings. The van der Waals surface area contributed by atoms with Crippen molar-refractivity contribution in [2.75, 3.05) is 0 Å². The van der Waals surface area contributed by atoms with E-state index >= 15 is 0 Å². The molecule has 0 aromatic carbocycles. The molecule has 12 heavy (non-hydrogen) atoms. The van der Waals surface area contributed by atoms with Gasteiger partial charge in [-0.15, -0.1) is 0 Å². The Hall–Kier alpha value is -0.760. The predicted molar refractivity (Wildman–Crippen MR) is 50.0 cm³/mol. The van der Waals surface area contributed by atoms with E-state index in [0.29, 0.717) is 5.92 Å². The van der Waals surface area contributed by atoms with Gasteiger partial charge in [-0.05, 0) is 24.0 Å². The standard InChI is InChI=1S/C10H17NO/c1-4-9(11)10-5-8(6-12-10)7(2)3/h5-7,9H,4,11H2,1-3H3/t9-/m0/s1. The summed E-state index contributed by atoms with van der Waals surface area (Å²) in [5, 5.41) is 0. The van der Waals surface area contributed by atoms with Gasteiger partial charge >= 0.3 is 0 Å². The summed E-state index contributed by atoms with van der Waals surface area (Å²) in [5.41, 5.74) is 7.04. The molecule has 0 saturated carbocycles. The second-order valence-corrected chi connectivity index (χ2v) is 3.45. The summed E-state index contributed by atoms with van der Waals surface area (Å²) in [7, 11) is 0. The van der Waals surface area contributed by atoms with Gasteiger partial charge < -0.3 is 10.2 Å². The number of nitrogens with two attached hydrogens (primary N) is 1. The SMILES string of the molecule is CC[C@H](N)c1cc(C(C)C)co1. The van der Waals surface area contributed by atoms with Crippen LogP contribution in [-0.4, -0.2) is 0 Å². The minimum absolute atomic E-state index is 0.0532. The van der Waals surface area contributed by atoms with Crippen LogP contribution in [0.5, 0.6) is 0 Å². The topological polar surface area (TPSA) is 39.2 Å². The van der Waals surface area contributed by atoms with Gasteiger partial charge in [-0.2, -0.15) is 0 Å². The van der Waals surface area contributed by atoms with Crippen LogP contribution < -0.4 is 5.73 Å². The van der Waals surface area contributed by atoms with Crippen molar-refractivity contribution in [3.63, 3.8) is 0 Å². The Morgan fingerprint density at radius 3 is 2.58 bits per heavy atom. The van der Waals surface area contributed by atoms with Crippen LogP contribution in [0.15, 0.2) is 16.7 Å². The highest BCUT2D eigenvalue weighted by molar-refractivity contribution is 5.18. The third kappa shape index (κ3) is 1.89.